The number of nitrogen functional groups attached to an aromatic ring is 1. The third-order valence-corrected chi connectivity index (χ3v) is 4.63. The number of thiazole rings is 1. The van der Waals surface area contributed by atoms with E-state index in [9.17, 15) is 4.79 Å². The van der Waals surface area contributed by atoms with Crippen molar-refractivity contribution in [2.45, 2.75) is 46.1 Å². The van der Waals surface area contributed by atoms with Crippen LogP contribution in [0, 0.1) is 5.92 Å². The van der Waals surface area contributed by atoms with Gasteiger partial charge in [-0.05, 0) is 32.6 Å². The van der Waals surface area contributed by atoms with Gasteiger partial charge in [0.1, 0.15) is 10.7 Å². The highest BCUT2D eigenvalue weighted by molar-refractivity contribution is 7.18. The quantitative estimate of drug-likeness (QED) is 0.896. The molecule has 1 saturated heterocycles. The van der Waals surface area contributed by atoms with Gasteiger partial charge in [0, 0.05) is 19.1 Å². The number of likely N-dealkylation sites (tertiary alicyclic amines) is 1. The molecule has 0 aromatic carbocycles. The van der Waals surface area contributed by atoms with E-state index < -0.39 is 0 Å². The fourth-order valence-corrected chi connectivity index (χ4v) is 3.52. The zero-order valence-corrected chi connectivity index (χ0v) is 13.3. The number of rotatable bonds is 4. The highest BCUT2D eigenvalue weighted by Crippen LogP contribution is 2.29. The minimum absolute atomic E-state index is 0.0370. The average molecular weight is 296 g/mol. The summed E-state index contributed by atoms with van der Waals surface area (Å²) >= 11 is 1.36. The standard InChI is InChI=1S/C14H24N4OS/c1-4-10-6-5-7-18(8-10)13(19)11-12(15)17-14(20-11)16-9(2)3/h9-10H,4-8,15H2,1-3H3,(H,16,17). The van der Waals surface area contributed by atoms with Crippen LogP contribution in [0.2, 0.25) is 0 Å². The average Bonchev–Trinajstić information content (AvgIpc) is 2.77. The van der Waals surface area contributed by atoms with Crippen LogP contribution in [0.25, 0.3) is 0 Å². The third kappa shape index (κ3) is 3.42. The van der Waals surface area contributed by atoms with Gasteiger partial charge >= 0.3 is 0 Å². The highest BCUT2D eigenvalue weighted by atomic mass is 32.1. The van der Waals surface area contributed by atoms with Crippen molar-refractivity contribution in [3.63, 3.8) is 0 Å². The molecule has 2 heterocycles. The Morgan fingerprint density at radius 1 is 1.60 bits per heavy atom. The maximum atomic E-state index is 12.6. The molecule has 0 aliphatic carbocycles. The van der Waals surface area contributed by atoms with E-state index in [1.165, 1.54) is 17.8 Å². The maximum Gasteiger partial charge on any atom is 0.267 e. The lowest BCUT2D eigenvalue weighted by Crippen LogP contribution is -2.39. The molecule has 1 amide bonds. The van der Waals surface area contributed by atoms with E-state index in [1.54, 1.807) is 0 Å². The van der Waals surface area contributed by atoms with Crippen molar-refractivity contribution in [3.05, 3.63) is 4.88 Å². The van der Waals surface area contributed by atoms with Crippen LogP contribution in [0.4, 0.5) is 10.9 Å². The van der Waals surface area contributed by atoms with Gasteiger partial charge in [0.15, 0.2) is 5.13 Å². The molecule has 6 heteroatoms. The summed E-state index contributed by atoms with van der Waals surface area (Å²) in [5.41, 5.74) is 5.90. The van der Waals surface area contributed by atoms with Crippen LogP contribution in [0.5, 0.6) is 0 Å². The summed E-state index contributed by atoms with van der Waals surface area (Å²) in [4.78, 5) is 19.3. The van der Waals surface area contributed by atoms with Crippen molar-refractivity contribution in [3.8, 4) is 0 Å². The van der Waals surface area contributed by atoms with Crippen molar-refractivity contribution in [2.24, 2.45) is 5.92 Å². The molecule has 1 aromatic heterocycles. The summed E-state index contributed by atoms with van der Waals surface area (Å²) in [6.45, 7) is 7.94. The number of hydrogen-bond donors (Lipinski definition) is 2. The predicted molar refractivity (Wildman–Crippen MR) is 84.2 cm³/mol. The fraction of sp³-hybridized carbons (Fsp3) is 0.714. The molecule has 0 saturated carbocycles. The van der Waals surface area contributed by atoms with E-state index in [0.29, 0.717) is 16.6 Å². The van der Waals surface area contributed by atoms with Gasteiger partial charge in [-0.25, -0.2) is 4.98 Å². The highest BCUT2D eigenvalue weighted by Gasteiger charge is 2.26. The minimum Gasteiger partial charge on any atom is -0.382 e. The molecule has 1 atom stereocenters. The number of amides is 1. The Labute approximate surface area is 124 Å². The Bertz CT molecular complexity index is 472. The van der Waals surface area contributed by atoms with Gasteiger partial charge in [0.05, 0.1) is 0 Å². The number of carbonyl (C=O) groups is 1. The van der Waals surface area contributed by atoms with Crippen molar-refractivity contribution in [2.75, 3.05) is 24.1 Å². The van der Waals surface area contributed by atoms with Crippen LogP contribution in [0.1, 0.15) is 49.7 Å². The molecule has 2 rings (SSSR count). The van der Waals surface area contributed by atoms with Gasteiger partial charge in [-0.1, -0.05) is 24.7 Å². The zero-order valence-electron chi connectivity index (χ0n) is 12.5. The number of piperidine rings is 1. The van der Waals surface area contributed by atoms with Crippen LogP contribution >= 0.6 is 11.3 Å². The van der Waals surface area contributed by atoms with Crippen molar-refractivity contribution < 1.29 is 4.79 Å². The number of aromatic nitrogens is 1. The minimum atomic E-state index is 0.0370. The van der Waals surface area contributed by atoms with E-state index in [4.69, 9.17) is 5.73 Å². The number of nitrogens with zero attached hydrogens (tertiary/aromatic N) is 2. The van der Waals surface area contributed by atoms with E-state index in [1.807, 2.05) is 18.7 Å². The third-order valence-electron chi connectivity index (χ3n) is 3.64. The largest absolute Gasteiger partial charge is 0.382 e. The van der Waals surface area contributed by atoms with E-state index in [0.717, 1.165) is 31.1 Å². The summed E-state index contributed by atoms with van der Waals surface area (Å²) in [6.07, 6.45) is 3.43. The molecule has 0 spiro atoms. The van der Waals surface area contributed by atoms with Crippen LogP contribution in [-0.2, 0) is 0 Å². The molecule has 1 aromatic rings. The Hall–Kier alpha value is -1.30. The number of nitrogens with one attached hydrogen (secondary N) is 1. The Balaban J connectivity index is 2.10. The maximum absolute atomic E-state index is 12.6. The van der Waals surface area contributed by atoms with Gasteiger partial charge in [0.2, 0.25) is 0 Å². The van der Waals surface area contributed by atoms with Crippen LogP contribution in [-0.4, -0.2) is 34.9 Å². The number of hydrogen-bond acceptors (Lipinski definition) is 5. The summed E-state index contributed by atoms with van der Waals surface area (Å²) in [5.74, 6) is 1.01. The van der Waals surface area contributed by atoms with Crippen LogP contribution in [0.3, 0.4) is 0 Å². The molecule has 0 bridgehead atoms. The first-order valence-corrected chi connectivity index (χ1v) is 8.15. The normalized spacial score (nSPS) is 19.4. The van der Waals surface area contributed by atoms with Gasteiger partial charge in [-0.2, -0.15) is 0 Å². The Morgan fingerprint density at radius 2 is 2.35 bits per heavy atom. The molecule has 1 unspecified atom stereocenters. The second-order valence-corrected chi connectivity index (χ2v) is 6.70. The lowest BCUT2D eigenvalue weighted by atomic mass is 9.95. The first-order valence-electron chi connectivity index (χ1n) is 7.33. The molecule has 20 heavy (non-hydrogen) atoms. The molecule has 1 aliphatic rings. The van der Waals surface area contributed by atoms with Gasteiger partial charge in [0.25, 0.3) is 5.91 Å². The van der Waals surface area contributed by atoms with Crippen molar-refractivity contribution >= 4 is 28.2 Å². The molecule has 5 nitrogen and oxygen atoms in total. The summed E-state index contributed by atoms with van der Waals surface area (Å²) < 4.78 is 0. The molecule has 1 aliphatic heterocycles. The van der Waals surface area contributed by atoms with Crippen LogP contribution < -0.4 is 11.1 Å². The topological polar surface area (TPSA) is 71.2 Å². The zero-order chi connectivity index (χ0) is 14.7. The second kappa shape index (κ2) is 6.43. The fourth-order valence-electron chi connectivity index (χ4n) is 2.52. The molecule has 3 N–H and O–H groups in total. The van der Waals surface area contributed by atoms with Crippen molar-refractivity contribution in [1.82, 2.24) is 9.88 Å². The smallest absolute Gasteiger partial charge is 0.267 e. The predicted octanol–water partition coefficient (Wildman–Crippen LogP) is 2.81. The summed E-state index contributed by atoms with van der Waals surface area (Å²) in [6, 6.07) is 0.281. The number of carbonyl (C=O) groups excluding carboxylic acids is 1. The van der Waals surface area contributed by atoms with E-state index in [2.05, 4.69) is 17.2 Å². The van der Waals surface area contributed by atoms with Gasteiger partial charge in [-0.15, -0.1) is 0 Å². The van der Waals surface area contributed by atoms with Crippen molar-refractivity contribution in [1.29, 1.82) is 0 Å². The first kappa shape index (κ1) is 15.1. The van der Waals surface area contributed by atoms with Gasteiger partial charge in [-0.3, -0.25) is 4.79 Å². The molecule has 112 valence electrons. The van der Waals surface area contributed by atoms with Gasteiger partial charge < -0.3 is 16.0 Å². The lowest BCUT2D eigenvalue weighted by Gasteiger charge is -2.32. The number of nitrogens with two attached hydrogens (primary N) is 1. The molecule has 1 fully saturated rings. The molecular weight excluding hydrogens is 272 g/mol. The molecular formula is C14H24N4OS. The SMILES string of the molecule is CCC1CCCN(C(=O)c2sc(NC(C)C)nc2N)C1. The Morgan fingerprint density at radius 3 is 3.00 bits per heavy atom. The summed E-state index contributed by atoms with van der Waals surface area (Å²) in [7, 11) is 0. The van der Waals surface area contributed by atoms with E-state index >= 15 is 0 Å². The monoisotopic (exact) mass is 296 g/mol. The number of anilines is 2. The summed E-state index contributed by atoms with van der Waals surface area (Å²) in [5, 5.41) is 3.93. The second-order valence-electron chi connectivity index (χ2n) is 5.70. The Kier molecular flexibility index (Phi) is 4.86. The lowest BCUT2D eigenvalue weighted by molar-refractivity contribution is 0.0677. The van der Waals surface area contributed by atoms with E-state index in [-0.39, 0.29) is 11.9 Å². The molecule has 0 radical (unpaired) electrons. The first-order chi connectivity index (χ1) is 9.51. The van der Waals surface area contributed by atoms with Crippen LogP contribution in [0.15, 0.2) is 0 Å².